The second kappa shape index (κ2) is 7.67. The zero-order valence-electron chi connectivity index (χ0n) is 15.8. The number of aliphatic hydroxyl groups is 1. The second-order valence-corrected chi connectivity index (χ2v) is 7.66. The molecule has 0 aliphatic carbocycles. The minimum Gasteiger partial charge on any atom is -0.385 e. The van der Waals surface area contributed by atoms with E-state index in [9.17, 15) is 5.11 Å². The first-order chi connectivity index (χ1) is 13.2. The van der Waals surface area contributed by atoms with E-state index in [0.29, 0.717) is 0 Å². The third-order valence-corrected chi connectivity index (χ3v) is 5.97. The van der Waals surface area contributed by atoms with Crippen LogP contribution in [0.2, 0.25) is 0 Å². The van der Waals surface area contributed by atoms with Crippen LogP contribution >= 0.6 is 0 Å². The summed E-state index contributed by atoms with van der Waals surface area (Å²) in [4.78, 5) is 2.52. The summed E-state index contributed by atoms with van der Waals surface area (Å²) in [5.41, 5.74) is 2.89. The summed E-state index contributed by atoms with van der Waals surface area (Å²) in [7, 11) is 0. The average molecular weight is 357 g/mol. The van der Waals surface area contributed by atoms with Gasteiger partial charge in [-0.2, -0.15) is 0 Å². The van der Waals surface area contributed by atoms with E-state index in [1.54, 1.807) is 0 Å². The monoisotopic (exact) mass is 357 g/mol. The van der Waals surface area contributed by atoms with Gasteiger partial charge in [0, 0.05) is 19.0 Å². The predicted molar refractivity (Wildman–Crippen MR) is 110 cm³/mol. The number of hydrogen-bond donors (Lipinski definition) is 1. The Morgan fingerprint density at radius 1 is 0.815 bits per heavy atom. The maximum atomic E-state index is 11.4. The molecule has 27 heavy (non-hydrogen) atoms. The first-order valence-electron chi connectivity index (χ1n) is 9.80. The smallest absolute Gasteiger partial charge is 0.0946 e. The lowest BCUT2D eigenvalue weighted by Gasteiger charge is -2.46. The Labute approximate surface area is 162 Å². The van der Waals surface area contributed by atoms with E-state index in [1.807, 2.05) is 18.2 Å². The van der Waals surface area contributed by atoms with Crippen molar-refractivity contribution in [2.45, 2.75) is 25.0 Å². The van der Waals surface area contributed by atoms with Gasteiger partial charge in [-0.3, -0.25) is 4.90 Å². The molecule has 0 bridgehead atoms. The number of benzene rings is 3. The topological polar surface area (TPSA) is 23.5 Å². The standard InChI is InChI=1S/C25H27NO/c1-20-19-26(18-17-25(20,27)23-15-9-4-10-16-23)24(21-11-5-2-6-12-21)22-13-7-3-8-14-22/h2-16,20,24,27H,17-19H2,1H3/t20-,25+/m1/s1. The van der Waals surface area contributed by atoms with Crippen LogP contribution in [0.25, 0.3) is 0 Å². The lowest BCUT2D eigenvalue weighted by atomic mass is 9.76. The molecule has 0 saturated carbocycles. The molecule has 1 fully saturated rings. The lowest BCUT2D eigenvalue weighted by molar-refractivity contribution is -0.0770. The fourth-order valence-electron chi connectivity index (χ4n) is 4.43. The fourth-order valence-corrected chi connectivity index (χ4v) is 4.43. The molecule has 4 rings (SSSR count). The fraction of sp³-hybridized carbons (Fsp3) is 0.280. The SMILES string of the molecule is C[C@@H]1CN(C(c2ccccc2)c2ccccc2)CC[C@@]1(O)c1ccccc1. The molecular weight excluding hydrogens is 330 g/mol. The normalized spacial score (nSPS) is 23.4. The van der Waals surface area contributed by atoms with Crippen LogP contribution in [0.3, 0.4) is 0 Å². The Bertz CT molecular complexity index is 810. The highest BCUT2D eigenvalue weighted by Crippen LogP contribution is 2.41. The van der Waals surface area contributed by atoms with Crippen molar-refractivity contribution in [3.05, 3.63) is 108 Å². The molecule has 0 amide bonds. The van der Waals surface area contributed by atoms with Crippen LogP contribution in [0.15, 0.2) is 91.0 Å². The van der Waals surface area contributed by atoms with Gasteiger partial charge in [0.2, 0.25) is 0 Å². The van der Waals surface area contributed by atoms with Crippen molar-refractivity contribution in [3.8, 4) is 0 Å². The highest BCUT2D eigenvalue weighted by molar-refractivity contribution is 5.32. The van der Waals surface area contributed by atoms with E-state index in [2.05, 4.69) is 84.6 Å². The van der Waals surface area contributed by atoms with Crippen molar-refractivity contribution >= 4 is 0 Å². The summed E-state index contributed by atoms with van der Waals surface area (Å²) >= 11 is 0. The summed E-state index contributed by atoms with van der Waals surface area (Å²) < 4.78 is 0. The van der Waals surface area contributed by atoms with E-state index in [0.717, 1.165) is 25.1 Å². The van der Waals surface area contributed by atoms with Crippen molar-refractivity contribution in [2.24, 2.45) is 5.92 Å². The molecule has 1 heterocycles. The number of nitrogens with zero attached hydrogens (tertiary/aromatic N) is 1. The average Bonchev–Trinajstić information content (AvgIpc) is 2.73. The van der Waals surface area contributed by atoms with E-state index < -0.39 is 5.60 Å². The van der Waals surface area contributed by atoms with Gasteiger partial charge in [0.05, 0.1) is 11.6 Å². The quantitative estimate of drug-likeness (QED) is 0.710. The first-order valence-corrected chi connectivity index (χ1v) is 9.80. The van der Waals surface area contributed by atoms with E-state index >= 15 is 0 Å². The summed E-state index contributed by atoms with van der Waals surface area (Å²) in [6.07, 6.45) is 0.744. The van der Waals surface area contributed by atoms with Gasteiger partial charge in [-0.1, -0.05) is 97.9 Å². The molecule has 0 aromatic heterocycles. The van der Waals surface area contributed by atoms with Crippen LogP contribution < -0.4 is 0 Å². The summed E-state index contributed by atoms with van der Waals surface area (Å²) in [5, 5.41) is 11.4. The Morgan fingerprint density at radius 2 is 1.30 bits per heavy atom. The maximum Gasteiger partial charge on any atom is 0.0946 e. The van der Waals surface area contributed by atoms with Gasteiger partial charge >= 0.3 is 0 Å². The second-order valence-electron chi connectivity index (χ2n) is 7.66. The summed E-state index contributed by atoms with van der Waals surface area (Å²) in [6, 6.07) is 31.8. The molecule has 0 radical (unpaired) electrons. The van der Waals surface area contributed by atoms with Crippen molar-refractivity contribution in [2.75, 3.05) is 13.1 Å². The first kappa shape index (κ1) is 18.0. The van der Waals surface area contributed by atoms with Gasteiger partial charge in [-0.15, -0.1) is 0 Å². The maximum absolute atomic E-state index is 11.4. The number of hydrogen-bond acceptors (Lipinski definition) is 2. The van der Waals surface area contributed by atoms with E-state index in [4.69, 9.17) is 0 Å². The van der Waals surface area contributed by atoms with Crippen molar-refractivity contribution in [1.82, 2.24) is 4.90 Å². The highest BCUT2D eigenvalue weighted by Gasteiger charge is 2.42. The van der Waals surface area contributed by atoms with Gasteiger partial charge in [0.1, 0.15) is 0 Å². The molecule has 1 N–H and O–H groups in total. The van der Waals surface area contributed by atoms with Gasteiger partial charge in [-0.25, -0.2) is 0 Å². The summed E-state index contributed by atoms with van der Waals surface area (Å²) in [5.74, 6) is 0.156. The van der Waals surface area contributed by atoms with Gasteiger partial charge < -0.3 is 5.11 Å². The molecule has 1 aliphatic heterocycles. The Hall–Kier alpha value is -2.42. The molecule has 0 unspecified atom stereocenters. The third-order valence-electron chi connectivity index (χ3n) is 5.97. The molecule has 3 aromatic rings. The minimum atomic E-state index is -0.754. The zero-order chi connectivity index (χ0) is 18.7. The lowest BCUT2D eigenvalue weighted by Crippen LogP contribution is -2.50. The van der Waals surface area contributed by atoms with Gasteiger partial charge in [0.25, 0.3) is 0 Å². The molecule has 138 valence electrons. The molecular formula is C25H27NO. The zero-order valence-corrected chi connectivity index (χ0v) is 15.8. The molecule has 0 spiro atoms. The minimum absolute atomic E-state index is 0.156. The van der Waals surface area contributed by atoms with Crippen LogP contribution in [-0.4, -0.2) is 23.1 Å². The van der Waals surface area contributed by atoms with Crippen LogP contribution in [0.1, 0.15) is 36.1 Å². The molecule has 2 heteroatoms. The van der Waals surface area contributed by atoms with Crippen LogP contribution in [0.5, 0.6) is 0 Å². The summed E-state index contributed by atoms with van der Waals surface area (Å²) in [6.45, 7) is 3.90. The number of likely N-dealkylation sites (tertiary alicyclic amines) is 1. The van der Waals surface area contributed by atoms with Crippen molar-refractivity contribution < 1.29 is 5.11 Å². The Kier molecular flexibility index (Phi) is 5.11. The highest BCUT2D eigenvalue weighted by atomic mass is 16.3. The molecule has 2 atom stereocenters. The molecule has 3 aromatic carbocycles. The van der Waals surface area contributed by atoms with E-state index in [1.165, 1.54) is 11.1 Å². The Balaban J connectivity index is 1.64. The molecule has 1 saturated heterocycles. The van der Waals surface area contributed by atoms with Crippen molar-refractivity contribution in [1.29, 1.82) is 0 Å². The Morgan fingerprint density at radius 3 is 1.78 bits per heavy atom. The van der Waals surface area contributed by atoms with Gasteiger partial charge in [0.15, 0.2) is 0 Å². The van der Waals surface area contributed by atoms with Crippen molar-refractivity contribution in [3.63, 3.8) is 0 Å². The largest absolute Gasteiger partial charge is 0.385 e. The molecule has 1 aliphatic rings. The van der Waals surface area contributed by atoms with Crippen LogP contribution in [0.4, 0.5) is 0 Å². The number of rotatable bonds is 4. The molecule has 2 nitrogen and oxygen atoms in total. The van der Waals surface area contributed by atoms with Gasteiger partial charge in [-0.05, 0) is 23.1 Å². The van der Waals surface area contributed by atoms with Crippen LogP contribution in [-0.2, 0) is 5.60 Å². The predicted octanol–water partition coefficient (Wildman–Crippen LogP) is 5.01. The third kappa shape index (κ3) is 3.55. The van der Waals surface area contributed by atoms with E-state index in [-0.39, 0.29) is 12.0 Å². The van der Waals surface area contributed by atoms with Crippen LogP contribution in [0, 0.1) is 5.92 Å². The number of piperidine rings is 1.